The number of nitrogen functional groups attached to an aromatic ring is 1. The number of nitriles is 1. The lowest BCUT2D eigenvalue weighted by molar-refractivity contribution is -0.136. The molecule has 1 aromatic heterocycles. The van der Waals surface area contributed by atoms with Crippen LogP contribution in [0.4, 0.5) is 29.1 Å². The number of aliphatic hydroxyl groups excluding tert-OH is 1. The van der Waals surface area contributed by atoms with E-state index in [1.807, 2.05) is 24.3 Å². The SMILES string of the molecule is CCCCCc1cc2c(CCCCCN=C(NCCOCCOCCCCCOCCOCCOCCOCCOCCOCCOCCC(=O)Oc3c(F)c(F)cc(F)c3F)Nc3cccc(C#N)c3)cc(-c3cccc(S(=O)(=O)N4CC(CO)C4)c3)cc2nc1N. The number of carbonyl (C=O) groups excluding carboxylic acids is 1. The van der Waals surface area contributed by atoms with Crippen molar-refractivity contribution in [1.82, 2.24) is 14.6 Å². The third-order valence-corrected chi connectivity index (χ3v) is 16.6. The fourth-order valence-corrected chi connectivity index (χ4v) is 11.3. The summed E-state index contributed by atoms with van der Waals surface area (Å²) >= 11 is 0. The smallest absolute Gasteiger partial charge is 0.313 e. The molecule has 0 radical (unpaired) electrons. The number of aliphatic imine (C=N–C) groups is 1. The summed E-state index contributed by atoms with van der Waals surface area (Å²) in [7, 11) is -3.71. The van der Waals surface area contributed by atoms with Crippen LogP contribution in [0.25, 0.3) is 22.0 Å². The molecule has 1 aliphatic heterocycles. The van der Waals surface area contributed by atoms with Gasteiger partial charge in [0.05, 0.1) is 134 Å². The zero-order valence-corrected chi connectivity index (χ0v) is 54.1. The molecule has 2 heterocycles. The Morgan fingerprint density at radius 1 is 0.656 bits per heavy atom. The number of sulfonamides is 1. The van der Waals surface area contributed by atoms with Crippen LogP contribution in [-0.4, -0.2) is 186 Å². The van der Waals surface area contributed by atoms with Gasteiger partial charge in [0, 0.05) is 69.1 Å². The van der Waals surface area contributed by atoms with Crippen LogP contribution in [0.1, 0.15) is 87.8 Å². The van der Waals surface area contributed by atoms with E-state index in [1.165, 1.54) is 4.31 Å². The molecule has 6 rings (SSSR count). The predicted molar refractivity (Wildman–Crippen MR) is 345 cm³/mol. The van der Waals surface area contributed by atoms with E-state index in [1.54, 1.807) is 30.3 Å². The number of hydrogen-bond acceptors (Lipinski definition) is 18. The van der Waals surface area contributed by atoms with Crippen molar-refractivity contribution in [3.63, 3.8) is 0 Å². The van der Waals surface area contributed by atoms with Gasteiger partial charge in [0.25, 0.3) is 0 Å². The summed E-state index contributed by atoms with van der Waals surface area (Å²) in [4.78, 5) is 21.8. The molecule has 0 aliphatic carbocycles. The lowest BCUT2D eigenvalue weighted by Gasteiger charge is -2.36. The number of anilines is 2. The highest BCUT2D eigenvalue weighted by molar-refractivity contribution is 7.89. The van der Waals surface area contributed by atoms with E-state index >= 15 is 0 Å². The molecule has 26 heteroatoms. The normalized spacial score (nSPS) is 13.0. The molecule has 4 aromatic carbocycles. The number of hydrogen-bond donors (Lipinski definition) is 4. The predicted octanol–water partition coefficient (Wildman–Crippen LogP) is 9.34. The Labute approximate surface area is 543 Å². The zero-order valence-electron chi connectivity index (χ0n) is 53.3. The molecular weight excluding hydrogens is 1230 g/mol. The number of halogens is 4. The van der Waals surface area contributed by atoms with E-state index in [2.05, 4.69) is 40.5 Å². The zero-order chi connectivity index (χ0) is 66.3. The van der Waals surface area contributed by atoms with E-state index in [-0.39, 0.29) is 49.9 Å². The molecule has 0 amide bonds. The van der Waals surface area contributed by atoms with Crippen molar-refractivity contribution < 1.29 is 83.2 Å². The number of guanidine groups is 1. The lowest BCUT2D eigenvalue weighted by Crippen LogP contribution is -2.51. The number of carbonyl (C=O) groups is 1. The van der Waals surface area contributed by atoms with Crippen LogP contribution in [0.15, 0.2) is 82.7 Å². The molecule has 512 valence electrons. The summed E-state index contributed by atoms with van der Waals surface area (Å²) in [5.74, 6) is -8.47. The summed E-state index contributed by atoms with van der Waals surface area (Å²) in [5, 5.41) is 26.8. The van der Waals surface area contributed by atoms with Crippen LogP contribution in [0.3, 0.4) is 0 Å². The molecule has 5 aromatic rings. The maximum atomic E-state index is 13.6. The highest BCUT2D eigenvalue weighted by Crippen LogP contribution is 2.34. The van der Waals surface area contributed by atoms with Gasteiger partial charge in [-0.3, -0.25) is 9.79 Å². The molecule has 0 bridgehead atoms. The second kappa shape index (κ2) is 43.5. The molecule has 21 nitrogen and oxygen atoms in total. The quantitative estimate of drug-likeness (QED) is 0.00537. The molecule has 5 N–H and O–H groups in total. The number of rotatable bonds is 49. The Morgan fingerprint density at radius 2 is 1.22 bits per heavy atom. The molecule has 0 saturated carbocycles. The van der Waals surface area contributed by atoms with Crippen molar-refractivity contribution in [3.05, 3.63) is 113 Å². The van der Waals surface area contributed by atoms with Gasteiger partial charge < -0.3 is 68.8 Å². The molecule has 1 fully saturated rings. The van der Waals surface area contributed by atoms with Crippen LogP contribution < -0.4 is 21.1 Å². The van der Waals surface area contributed by atoms with Gasteiger partial charge in [-0.2, -0.15) is 18.3 Å². The van der Waals surface area contributed by atoms with Gasteiger partial charge in [-0.15, -0.1) is 0 Å². The van der Waals surface area contributed by atoms with Crippen LogP contribution in [0.5, 0.6) is 5.75 Å². The molecular formula is C67H91F4N7O14S. The Kier molecular flexibility index (Phi) is 35.4. The number of nitrogens with one attached hydrogen (secondary N) is 2. The van der Waals surface area contributed by atoms with Gasteiger partial charge in [0.1, 0.15) is 5.82 Å². The molecule has 0 unspecified atom stereocenters. The monoisotopic (exact) mass is 1330 g/mol. The standard InChI is InChI=1S/C67H91F4N7O14S/c1-2-3-6-15-54-43-58-53(41-55(44-61(58)77-66(54)73)52-16-12-18-57(42-52)93(81,82)78-47-51(48-78)49-79)14-7-4-8-20-74-67(76-56-17-11-13-50(40-56)46-72)75-21-25-86-29-26-83-22-9-5-10-23-84-27-30-87-32-34-89-36-38-91-39-37-90-35-33-88-31-28-85-24-19-62(80)92-65-63(70)59(68)45-60(69)64(65)71/h11-13,16-18,40-45,51,79H,2-10,14-15,19-39,47-49H2,1H3,(H2,73,77)(H2,74,75,76). The van der Waals surface area contributed by atoms with Crippen molar-refractivity contribution in [3.8, 4) is 22.9 Å². The number of unbranched alkanes of at least 4 members (excludes halogenated alkanes) is 6. The second-order valence-electron chi connectivity index (χ2n) is 22.0. The number of pyridine rings is 1. The highest BCUT2D eigenvalue weighted by Gasteiger charge is 2.36. The first kappa shape index (κ1) is 75.6. The fraction of sp³-hybridized carbons (Fsp3) is 0.552. The third-order valence-electron chi connectivity index (χ3n) is 14.8. The number of fused-ring (bicyclic) bond motifs is 1. The molecule has 1 saturated heterocycles. The van der Waals surface area contributed by atoms with E-state index in [0.29, 0.717) is 136 Å². The summed E-state index contributed by atoms with van der Waals surface area (Å²) < 4.78 is 137. The molecule has 0 atom stereocenters. The summed E-state index contributed by atoms with van der Waals surface area (Å²) in [5.41, 5.74) is 12.4. The Balaban J connectivity index is 0.755. The number of esters is 1. The second-order valence-corrected chi connectivity index (χ2v) is 23.9. The minimum Gasteiger partial charge on any atom is -0.420 e. The van der Waals surface area contributed by atoms with Crippen LogP contribution in [-0.2, 0) is 70.3 Å². The van der Waals surface area contributed by atoms with Gasteiger partial charge in [-0.25, -0.2) is 22.2 Å². The first-order valence-electron chi connectivity index (χ1n) is 32.0. The summed E-state index contributed by atoms with van der Waals surface area (Å²) in [6.45, 7) is 10.6. The fourth-order valence-electron chi connectivity index (χ4n) is 9.63. The van der Waals surface area contributed by atoms with Gasteiger partial charge in [0.2, 0.25) is 27.4 Å². The summed E-state index contributed by atoms with van der Waals surface area (Å²) in [6, 6.07) is 22.8. The number of aryl methyl sites for hydroxylation is 2. The van der Waals surface area contributed by atoms with Gasteiger partial charge in [-0.1, -0.05) is 50.5 Å². The Hall–Kier alpha value is -6.45. The first-order valence-corrected chi connectivity index (χ1v) is 33.5. The van der Waals surface area contributed by atoms with Crippen LogP contribution >= 0.6 is 0 Å². The Morgan fingerprint density at radius 3 is 1.82 bits per heavy atom. The molecule has 93 heavy (non-hydrogen) atoms. The number of aromatic nitrogens is 1. The number of ether oxygens (including phenoxy) is 10. The van der Waals surface area contributed by atoms with E-state index in [9.17, 15) is 41.1 Å². The van der Waals surface area contributed by atoms with Gasteiger partial charge in [0.15, 0.2) is 17.6 Å². The minimum absolute atomic E-state index is 0.0171. The third kappa shape index (κ3) is 27.4. The van der Waals surface area contributed by atoms with Crippen molar-refractivity contribution in [2.24, 2.45) is 10.9 Å². The van der Waals surface area contributed by atoms with Crippen molar-refractivity contribution in [2.45, 2.75) is 88.9 Å². The lowest BCUT2D eigenvalue weighted by atomic mass is 9.94. The van der Waals surface area contributed by atoms with E-state index < -0.39 is 51.4 Å². The average molecular weight is 1330 g/mol. The maximum Gasteiger partial charge on any atom is 0.313 e. The largest absolute Gasteiger partial charge is 0.420 e. The van der Waals surface area contributed by atoms with E-state index in [4.69, 9.17) is 58.3 Å². The number of benzene rings is 4. The van der Waals surface area contributed by atoms with Crippen molar-refractivity contribution >= 4 is 44.4 Å². The van der Waals surface area contributed by atoms with Gasteiger partial charge in [-0.05, 0) is 116 Å². The number of aliphatic hydroxyl groups is 1. The van der Waals surface area contributed by atoms with Gasteiger partial charge >= 0.3 is 5.97 Å². The van der Waals surface area contributed by atoms with Crippen LogP contribution in [0.2, 0.25) is 0 Å². The average Bonchev–Trinajstić information content (AvgIpc) is 0.851. The number of nitrogens with zero attached hydrogens (tertiary/aromatic N) is 4. The van der Waals surface area contributed by atoms with Crippen molar-refractivity contribution in [2.75, 3.05) is 163 Å². The Bertz CT molecular complexity index is 3190. The highest BCUT2D eigenvalue weighted by atomic mass is 32.2. The first-order chi connectivity index (χ1) is 45.3. The summed E-state index contributed by atoms with van der Waals surface area (Å²) in [6.07, 6.45) is 9.87. The molecule has 0 spiro atoms. The topological polar surface area (TPSA) is 266 Å². The van der Waals surface area contributed by atoms with Crippen LogP contribution in [0, 0.1) is 40.5 Å². The van der Waals surface area contributed by atoms with E-state index in [0.717, 1.165) is 109 Å². The minimum atomic E-state index is -3.71. The molecule has 1 aliphatic rings. The number of nitrogens with two attached hydrogens (primary N) is 1. The van der Waals surface area contributed by atoms with Crippen molar-refractivity contribution in [1.29, 1.82) is 5.26 Å². The maximum absolute atomic E-state index is 13.6.